The van der Waals surface area contributed by atoms with Crippen LogP contribution in [0.15, 0.2) is 42.6 Å². The Morgan fingerprint density at radius 3 is 2.38 bits per heavy atom. The summed E-state index contributed by atoms with van der Waals surface area (Å²) in [4.78, 5) is 4.37. The van der Waals surface area contributed by atoms with Gasteiger partial charge in [0.2, 0.25) is 5.95 Å². The summed E-state index contributed by atoms with van der Waals surface area (Å²) >= 11 is 18.0. The Morgan fingerprint density at radius 2 is 1.62 bits per heavy atom. The number of rotatable bonds is 4. The van der Waals surface area contributed by atoms with E-state index in [4.69, 9.17) is 34.8 Å². The first kappa shape index (κ1) is 16.8. The van der Waals surface area contributed by atoms with Crippen LogP contribution < -0.4 is 10.6 Å². The van der Waals surface area contributed by atoms with Crippen molar-refractivity contribution >= 4 is 57.9 Å². The first-order valence-corrected chi connectivity index (χ1v) is 8.09. The summed E-state index contributed by atoms with van der Waals surface area (Å²) < 4.78 is 0. The molecule has 24 heavy (non-hydrogen) atoms. The predicted molar refractivity (Wildman–Crippen MR) is 99.0 cm³/mol. The number of hydrogen-bond acceptors (Lipinski definition) is 5. The van der Waals surface area contributed by atoms with Gasteiger partial charge in [-0.2, -0.15) is 10.1 Å². The van der Waals surface area contributed by atoms with E-state index in [9.17, 15) is 0 Å². The smallest absolute Gasteiger partial charge is 0.249 e. The molecule has 5 nitrogen and oxygen atoms in total. The zero-order chi connectivity index (χ0) is 17.1. The van der Waals surface area contributed by atoms with Crippen LogP contribution in [0, 0.1) is 6.92 Å². The summed E-state index contributed by atoms with van der Waals surface area (Å²) in [5.74, 6) is 0.851. The van der Waals surface area contributed by atoms with Crippen molar-refractivity contribution < 1.29 is 0 Å². The summed E-state index contributed by atoms with van der Waals surface area (Å²) in [6.07, 6.45) is 1.52. The molecule has 3 rings (SSSR count). The summed E-state index contributed by atoms with van der Waals surface area (Å²) in [6, 6.07) is 10.7. The van der Waals surface area contributed by atoms with E-state index in [-0.39, 0.29) is 0 Å². The molecule has 3 aromatic rings. The van der Waals surface area contributed by atoms with E-state index in [2.05, 4.69) is 25.8 Å². The van der Waals surface area contributed by atoms with Crippen molar-refractivity contribution in [3.05, 3.63) is 63.2 Å². The Kier molecular flexibility index (Phi) is 5.04. The van der Waals surface area contributed by atoms with E-state index in [0.29, 0.717) is 32.5 Å². The third kappa shape index (κ3) is 4.26. The highest BCUT2D eigenvalue weighted by Gasteiger charge is 2.06. The van der Waals surface area contributed by atoms with Crippen LogP contribution in [0.25, 0.3) is 0 Å². The number of nitrogens with zero attached hydrogens (tertiary/aromatic N) is 3. The molecular formula is C16H12Cl3N5. The van der Waals surface area contributed by atoms with E-state index in [1.807, 2.05) is 25.1 Å². The maximum atomic E-state index is 6.03. The lowest BCUT2D eigenvalue weighted by atomic mass is 10.2. The van der Waals surface area contributed by atoms with Crippen molar-refractivity contribution in [2.75, 3.05) is 10.6 Å². The van der Waals surface area contributed by atoms with Crippen LogP contribution in [0.4, 0.5) is 23.1 Å². The third-order valence-electron chi connectivity index (χ3n) is 3.14. The van der Waals surface area contributed by atoms with Gasteiger partial charge in [0, 0.05) is 26.4 Å². The molecule has 8 heteroatoms. The quantitative estimate of drug-likeness (QED) is 0.614. The molecule has 0 saturated heterocycles. The van der Waals surface area contributed by atoms with Gasteiger partial charge in [-0.05, 0) is 42.8 Å². The number of anilines is 4. The highest BCUT2D eigenvalue weighted by molar-refractivity contribution is 6.35. The zero-order valence-electron chi connectivity index (χ0n) is 12.5. The van der Waals surface area contributed by atoms with Gasteiger partial charge >= 0.3 is 0 Å². The number of nitrogens with one attached hydrogen (secondary N) is 2. The molecule has 0 aliphatic heterocycles. The summed E-state index contributed by atoms with van der Waals surface area (Å²) in [5.41, 5.74) is 2.55. The lowest BCUT2D eigenvalue weighted by Gasteiger charge is -2.10. The number of aromatic nitrogens is 3. The van der Waals surface area contributed by atoms with Crippen molar-refractivity contribution in [3.8, 4) is 0 Å². The van der Waals surface area contributed by atoms with Gasteiger partial charge in [-0.3, -0.25) is 0 Å². The highest BCUT2D eigenvalue weighted by atomic mass is 35.5. The van der Waals surface area contributed by atoms with Crippen LogP contribution >= 0.6 is 34.8 Å². The topological polar surface area (TPSA) is 62.7 Å². The molecular weight excluding hydrogens is 369 g/mol. The van der Waals surface area contributed by atoms with Gasteiger partial charge in [-0.15, -0.1) is 5.10 Å². The maximum Gasteiger partial charge on any atom is 0.249 e. The second-order valence-corrected chi connectivity index (χ2v) is 6.34. The molecule has 122 valence electrons. The average Bonchev–Trinajstić information content (AvgIpc) is 2.50. The fourth-order valence-electron chi connectivity index (χ4n) is 2.04. The normalized spacial score (nSPS) is 10.5. The Bertz CT molecular complexity index is 865. The van der Waals surface area contributed by atoms with E-state index in [0.717, 1.165) is 11.3 Å². The molecule has 0 unspecified atom stereocenters. The summed E-state index contributed by atoms with van der Waals surface area (Å²) in [5, 5.41) is 15.7. The van der Waals surface area contributed by atoms with E-state index in [1.165, 1.54) is 6.20 Å². The standard InChI is InChI=1S/C16H12Cl3N5/c1-9-2-3-10(17)7-14(9)22-15-8-20-24-16(23-15)21-13-5-11(18)4-12(19)6-13/h2-8H,1H3,(H2,21,22,23,24). The fraction of sp³-hybridized carbons (Fsp3) is 0.0625. The molecule has 0 radical (unpaired) electrons. The molecule has 1 aromatic heterocycles. The second-order valence-electron chi connectivity index (χ2n) is 5.03. The molecule has 0 atom stereocenters. The minimum Gasteiger partial charge on any atom is -0.339 e. The first-order valence-electron chi connectivity index (χ1n) is 6.95. The largest absolute Gasteiger partial charge is 0.339 e. The van der Waals surface area contributed by atoms with Gasteiger partial charge in [-0.1, -0.05) is 40.9 Å². The molecule has 0 spiro atoms. The average molecular weight is 381 g/mol. The minimum atomic E-state index is 0.318. The second kappa shape index (κ2) is 7.21. The SMILES string of the molecule is Cc1ccc(Cl)cc1Nc1cnnc(Nc2cc(Cl)cc(Cl)c2)n1. The van der Waals surface area contributed by atoms with Crippen molar-refractivity contribution in [2.24, 2.45) is 0 Å². The van der Waals surface area contributed by atoms with Gasteiger partial charge < -0.3 is 10.6 Å². The van der Waals surface area contributed by atoms with Crippen LogP contribution in [-0.2, 0) is 0 Å². The van der Waals surface area contributed by atoms with Gasteiger partial charge in [0.15, 0.2) is 5.82 Å². The number of halogens is 3. The summed E-state index contributed by atoms with van der Waals surface area (Å²) in [6.45, 7) is 1.97. The van der Waals surface area contributed by atoms with Crippen molar-refractivity contribution in [1.82, 2.24) is 15.2 Å². The Balaban J connectivity index is 1.82. The Labute approximate surface area is 154 Å². The van der Waals surface area contributed by atoms with Crippen LogP contribution in [0.2, 0.25) is 15.1 Å². The van der Waals surface area contributed by atoms with Crippen LogP contribution in [0.3, 0.4) is 0 Å². The lowest BCUT2D eigenvalue weighted by molar-refractivity contribution is 0.982. The number of aryl methyl sites for hydroxylation is 1. The predicted octanol–water partition coefficient (Wildman–Crippen LogP) is 5.63. The number of hydrogen-bond donors (Lipinski definition) is 2. The Morgan fingerprint density at radius 1 is 0.875 bits per heavy atom. The first-order chi connectivity index (χ1) is 11.5. The molecule has 0 aliphatic carbocycles. The van der Waals surface area contributed by atoms with Gasteiger partial charge in [0.05, 0.1) is 6.20 Å². The van der Waals surface area contributed by atoms with Crippen molar-refractivity contribution in [3.63, 3.8) is 0 Å². The highest BCUT2D eigenvalue weighted by Crippen LogP contribution is 2.25. The zero-order valence-corrected chi connectivity index (χ0v) is 14.8. The minimum absolute atomic E-state index is 0.318. The van der Waals surface area contributed by atoms with Gasteiger partial charge in [0.1, 0.15) is 0 Å². The molecule has 0 fully saturated rings. The molecule has 0 bridgehead atoms. The molecule has 2 aromatic carbocycles. The molecule has 0 saturated carbocycles. The Hall–Kier alpha value is -2.08. The van der Waals surface area contributed by atoms with Crippen LogP contribution in [0.1, 0.15) is 5.56 Å². The number of benzene rings is 2. The molecule has 0 aliphatic rings. The molecule has 0 amide bonds. The fourth-order valence-corrected chi connectivity index (χ4v) is 2.74. The van der Waals surface area contributed by atoms with Crippen molar-refractivity contribution in [2.45, 2.75) is 6.92 Å². The summed E-state index contributed by atoms with van der Waals surface area (Å²) in [7, 11) is 0. The molecule has 1 heterocycles. The van der Waals surface area contributed by atoms with Gasteiger partial charge in [0.25, 0.3) is 0 Å². The van der Waals surface area contributed by atoms with E-state index >= 15 is 0 Å². The van der Waals surface area contributed by atoms with Crippen LogP contribution in [0.5, 0.6) is 0 Å². The van der Waals surface area contributed by atoms with Crippen molar-refractivity contribution in [1.29, 1.82) is 0 Å². The maximum absolute atomic E-state index is 6.03. The van der Waals surface area contributed by atoms with E-state index in [1.54, 1.807) is 18.2 Å². The van der Waals surface area contributed by atoms with E-state index < -0.39 is 0 Å². The third-order valence-corrected chi connectivity index (χ3v) is 3.81. The van der Waals surface area contributed by atoms with Crippen LogP contribution in [-0.4, -0.2) is 15.2 Å². The molecule has 2 N–H and O–H groups in total. The van der Waals surface area contributed by atoms with Gasteiger partial charge in [-0.25, -0.2) is 0 Å². The monoisotopic (exact) mass is 379 g/mol. The lowest BCUT2D eigenvalue weighted by Crippen LogP contribution is -2.03.